The molecule has 0 aliphatic carbocycles. The molecule has 6 nitrogen and oxygen atoms in total. The van der Waals surface area contributed by atoms with Gasteiger partial charge < -0.3 is 10.1 Å². The number of ether oxygens (including phenoxy) is 1. The van der Waals surface area contributed by atoms with Gasteiger partial charge in [-0.25, -0.2) is 9.67 Å². The summed E-state index contributed by atoms with van der Waals surface area (Å²) in [4.78, 5) is 17.4. The summed E-state index contributed by atoms with van der Waals surface area (Å²) in [7, 11) is 1.61. The first kappa shape index (κ1) is 19.7. The van der Waals surface area contributed by atoms with Gasteiger partial charge in [0, 0.05) is 16.3 Å². The Kier molecular flexibility index (Phi) is 5.50. The van der Waals surface area contributed by atoms with Crippen molar-refractivity contribution in [2.75, 3.05) is 12.4 Å². The van der Waals surface area contributed by atoms with Gasteiger partial charge in [0.1, 0.15) is 5.75 Å². The lowest BCUT2D eigenvalue weighted by Gasteiger charge is -2.07. The molecule has 1 amide bonds. The second-order valence-electron chi connectivity index (χ2n) is 6.65. The SMILES string of the molecule is COc1ccc(-c2nc(C(=O)Nc3ccccc3C)nn2-c2cccc(Cl)c2)cc1. The van der Waals surface area contributed by atoms with Gasteiger partial charge in [-0.15, -0.1) is 5.10 Å². The fraction of sp³-hybridized carbons (Fsp3) is 0.0870. The molecule has 1 heterocycles. The first-order valence-corrected chi connectivity index (χ1v) is 9.67. The number of hydrogen-bond donors (Lipinski definition) is 1. The van der Waals surface area contributed by atoms with Crippen LogP contribution in [0.3, 0.4) is 0 Å². The van der Waals surface area contributed by atoms with Crippen molar-refractivity contribution in [2.24, 2.45) is 0 Å². The topological polar surface area (TPSA) is 69.0 Å². The number of hydrogen-bond acceptors (Lipinski definition) is 4. The molecular weight excluding hydrogens is 400 g/mol. The molecule has 0 saturated carbocycles. The molecule has 30 heavy (non-hydrogen) atoms. The van der Waals surface area contributed by atoms with Crippen LogP contribution in [0, 0.1) is 6.92 Å². The molecule has 0 aliphatic rings. The van der Waals surface area contributed by atoms with Gasteiger partial charge in [0.05, 0.1) is 12.8 Å². The van der Waals surface area contributed by atoms with Crippen molar-refractivity contribution in [1.82, 2.24) is 14.8 Å². The van der Waals surface area contributed by atoms with Gasteiger partial charge in [-0.3, -0.25) is 4.79 Å². The van der Waals surface area contributed by atoms with E-state index in [1.807, 2.05) is 67.6 Å². The van der Waals surface area contributed by atoms with Gasteiger partial charge >= 0.3 is 0 Å². The van der Waals surface area contributed by atoms with Crippen LogP contribution < -0.4 is 10.1 Å². The lowest BCUT2D eigenvalue weighted by atomic mass is 10.2. The number of aromatic nitrogens is 3. The van der Waals surface area contributed by atoms with Crippen molar-refractivity contribution in [3.05, 3.63) is 89.2 Å². The molecule has 1 N–H and O–H groups in total. The number of aryl methyl sites for hydroxylation is 1. The fourth-order valence-electron chi connectivity index (χ4n) is 3.01. The van der Waals surface area contributed by atoms with E-state index in [0.29, 0.717) is 22.2 Å². The number of amides is 1. The first-order chi connectivity index (χ1) is 14.5. The first-order valence-electron chi connectivity index (χ1n) is 9.29. The molecule has 1 aromatic heterocycles. The Labute approximate surface area is 179 Å². The molecule has 0 atom stereocenters. The van der Waals surface area contributed by atoms with Crippen molar-refractivity contribution in [3.8, 4) is 22.8 Å². The third-order valence-corrected chi connectivity index (χ3v) is 4.84. The minimum absolute atomic E-state index is 0.0593. The van der Waals surface area contributed by atoms with E-state index in [1.165, 1.54) is 0 Å². The molecular formula is C23H19ClN4O2. The Hall–Kier alpha value is -3.64. The summed E-state index contributed by atoms with van der Waals surface area (Å²) in [5, 5.41) is 7.91. The maximum atomic E-state index is 12.9. The van der Waals surface area contributed by atoms with Crippen LogP contribution in [0.5, 0.6) is 5.75 Å². The maximum absolute atomic E-state index is 12.9. The standard InChI is InChI=1S/C23H19ClN4O2/c1-15-6-3-4-9-20(15)25-23(29)21-26-22(16-10-12-19(30-2)13-11-16)28(27-21)18-8-5-7-17(24)14-18/h3-14H,1-2H3,(H,25,29). The number of rotatable bonds is 5. The van der Waals surface area contributed by atoms with E-state index < -0.39 is 0 Å². The van der Waals surface area contributed by atoms with E-state index in [2.05, 4.69) is 15.4 Å². The van der Waals surface area contributed by atoms with Crippen molar-refractivity contribution in [3.63, 3.8) is 0 Å². The van der Waals surface area contributed by atoms with E-state index in [1.54, 1.807) is 23.9 Å². The number of nitrogens with one attached hydrogen (secondary N) is 1. The largest absolute Gasteiger partial charge is 0.497 e. The highest BCUT2D eigenvalue weighted by Gasteiger charge is 2.19. The van der Waals surface area contributed by atoms with E-state index in [4.69, 9.17) is 16.3 Å². The highest BCUT2D eigenvalue weighted by Crippen LogP contribution is 2.25. The molecule has 7 heteroatoms. The van der Waals surface area contributed by atoms with Crippen molar-refractivity contribution in [2.45, 2.75) is 6.92 Å². The zero-order valence-corrected chi connectivity index (χ0v) is 17.2. The summed E-state index contributed by atoms with van der Waals surface area (Å²) in [5.41, 5.74) is 3.16. The van der Waals surface area contributed by atoms with Crippen LogP contribution in [0.2, 0.25) is 5.02 Å². The molecule has 0 spiro atoms. The number of anilines is 1. The van der Waals surface area contributed by atoms with Crippen LogP contribution in [-0.4, -0.2) is 27.8 Å². The van der Waals surface area contributed by atoms with Crippen LogP contribution in [0.1, 0.15) is 16.2 Å². The molecule has 4 aromatic rings. The number of benzene rings is 3. The molecule has 0 bridgehead atoms. The van der Waals surface area contributed by atoms with Gasteiger partial charge in [-0.1, -0.05) is 35.9 Å². The van der Waals surface area contributed by atoms with Crippen molar-refractivity contribution >= 4 is 23.2 Å². The molecule has 0 unspecified atom stereocenters. The molecule has 0 radical (unpaired) electrons. The lowest BCUT2D eigenvalue weighted by Crippen LogP contribution is -2.15. The third-order valence-electron chi connectivity index (χ3n) is 4.60. The van der Waals surface area contributed by atoms with Gasteiger partial charge in [0.2, 0.25) is 5.82 Å². The maximum Gasteiger partial charge on any atom is 0.295 e. The number of para-hydroxylation sites is 1. The predicted molar refractivity (Wildman–Crippen MR) is 117 cm³/mol. The Bertz CT molecular complexity index is 1200. The smallest absolute Gasteiger partial charge is 0.295 e. The summed E-state index contributed by atoms with van der Waals surface area (Å²) >= 11 is 6.17. The second-order valence-corrected chi connectivity index (χ2v) is 7.08. The Balaban J connectivity index is 1.77. The number of halogens is 1. The predicted octanol–water partition coefficient (Wildman–Crippen LogP) is 5.16. The normalized spacial score (nSPS) is 10.6. The average Bonchev–Trinajstić information content (AvgIpc) is 3.21. The number of carbonyl (C=O) groups excluding carboxylic acids is 1. The number of methoxy groups -OCH3 is 1. The van der Waals surface area contributed by atoms with E-state index >= 15 is 0 Å². The minimum Gasteiger partial charge on any atom is -0.497 e. The quantitative estimate of drug-likeness (QED) is 0.486. The Morgan fingerprint density at radius 2 is 1.80 bits per heavy atom. The van der Waals surface area contributed by atoms with E-state index in [9.17, 15) is 4.79 Å². The molecule has 150 valence electrons. The lowest BCUT2D eigenvalue weighted by molar-refractivity contribution is 0.101. The average molecular weight is 419 g/mol. The van der Waals surface area contributed by atoms with Gasteiger partial charge in [0.15, 0.2) is 5.82 Å². The van der Waals surface area contributed by atoms with Crippen LogP contribution in [-0.2, 0) is 0 Å². The molecule has 0 aliphatic heterocycles. The second kappa shape index (κ2) is 8.39. The summed E-state index contributed by atoms with van der Waals surface area (Å²) in [6.45, 7) is 1.93. The monoisotopic (exact) mass is 418 g/mol. The van der Waals surface area contributed by atoms with Crippen LogP contribution >= 0.6 is 11.6 Å². The van der Waals surface area contributed by atoms with E-state index in [0.717, 1.165) is 16.9 Å². The van der Waals surface area contributed by atoms with Gasteiger partial charge in [0.25, 0.3) is 5.91 Å². The van der Waals surface area contributed by atoms with Crippen LogP contribution in [0.25, 0.3) is 17.1 Å². The summed E-state index contributed by atoms with van der Waals surface area (Å²) in [6, 6.07) is 22.2. The highest BCUT2D eigenvalue weighted by atomic mass is 35.5. The molecule has 4 rings (SSSR count). The molecule has 0 saturated heterocycles. The Morgan fingerprint density at radius 3 is 2.50 bits per heavy atom. The Morgan fingerprint density at radius 1 is 1.03 bits per heavy atom. The third kappa shape index (κ3) is 4.04. The highest BCUT2D eigenvalue weighted by molar-refractivity contribution is 6.30. The van der Waals surface area contributed by atoms with Crippen molar-refractivity contribution in [1.29, 1.82) is 0 Å². The number of nitrogens with zero attached hydrogens (tertiary/aromatic N) is 3. The van der Waals surface area contributed by atoms with E-state index in [-0.39, 0.29) is 11.7 Å². The zero-order chi connectivity index (χ0) is 21.1. The fourth-order valence-corrected chi connectivity index (χ4v) is 3.20. The number of carbonyl (C=O) groups is 1. The summed E-state index contributed by atoms with van der Waals surface area (Å²) in [6.07, 6.45) is 0. The van der Waals surface area contributed by atoms with Crippen LogP contribution in [0.4, 0.5) is 5.69 Å². The van der Waals surface area contributed by atoms with Gasteiger partial charge in [-0.2, -0.15) is 0 Å². The molecule has 3 aromatic carbocycles. The van der Waals surface area contributed by atoms with Crippen LogP contribution in [0.15, 0.2) is 72.8 Å². The summed E-state index contributed by atoms with van der Waals surface area (Å²) in [5.74, 6) is 0.920. The van der Waals surface area contributed by atoms with Gasteiger partial charge in [-0.05, 0) is 61.0 Å². The summed E-state index contributed by atoms with van der Waals surface area (Å²) < 4.78 is 6.84. The minimum atomic E-state index is -0.389. The zero-order valence-electron chi connectivity index (χ0n) is 16.5. The molecule has 0 fully saturated rings. The van der Waals surface area contributed by atoms with Crippen molar-refractivity contribution < 1.29 is 9.53 Å².